The predicted molar refractivity (Wildman–Crippen MR) is 66.9 cm³/mol. The van der Waals surface area contributed by atoms with E-state index in [-0.39, 0.29) is 11.1 Å². The van der Waals surface area contributed by atoms with Crippen LogP contribution in [0.5, 0.6) is 0 Å². The van der Waals surface area contributed by atoms with Crippen LogP contribution in [0.15, 0.2) is 24.3 Å². The van der Waals surface area contributed by atoms with Crippen LogP contribution >= 0.6 is 34.8 Å². The van der Waals surface area contributed by atoms with Crippen LogP contribution in [0.25, 0.3) is 11.3 Å². The molecule has 0 amide bonds. The molecule has 3 nitrogen and oxygen atoms in total. The third-order valence-corrected chi connectivity index (χ3v) is 2.66. The molecule has 0 aliphatic heterocycles. The molecule has 0 aliphatic rings. The van der Waals surface area contributed by atoms with Crippen molar-refractivity contribution in [2.75, 3.05) is 5.73 Å². The van der Waals surface area contributed by atoms with E-state index in [1.807, 2.05) is 0 Å². The van der Waals surface area contributed by atoms with Gasteiger partial charge in [-0.2, -0.15) is 0 Å². The van der Waals surface area contributed by atoms with E-state index in [4.69, 9.17) is 40.5 Å². The summed E-state index contributed by atoms with van der Waals surface area (Å²) in [6.07, 6.45) is 0. The molecule has 16 heavy (non-hydrogen) atoms. The van der Waals surface area contributed by atoms with E-state index < -0.39 is 0 Å². The van der Waals surface area contributed by atoms with Gasteiger partial charge in [0.15, 0.2) is 0 Å². The highest BCUT2D eigenvalue weighted by molar-refractivity contribution is 6.36. The maximum Gasteiger partial charge on any atom is 0.221 e. The van der Waals surface area contributed by atoms with Crippen molar-refractivity contribution in [3.8, 4) is 11.3 Å². The van der Waals surface area contributed by atoms with E-state index >= 15 is 0 Å². The van der Waals surface area contributed by atoms with Gasteiger partial charge in [0.1, 0.15) is 5.15 Å². The van der Waals surface area contributed by atoms with Gasteiger partial charge >= 0.3 is 0 Å². The van der Waals surface area contributed by atoms with Crippen LogP contribution < -0.4 is 5.73 Å². The highest BCUT2D eigenvalue weighted by atomic mass is 35.5. The number of anilines is 1. The number of nitrogens with zero attached hydrogens (tertiary/aromatic N) is 2. The normalized spacial score (nSPS) is 10.4. The average molecular weight is 275 g/mol. The fraction of sp³-hybridized carbons (Fsp3) is 0. The van der Waals surface area contributed by atoms with Crippen molar-refractivity contribution < 1.29 is 0 Å². The van der Waals surface area contributed by atoms with Crippen LogP contribution in [0.4, 0.5) is 5.95 Å². The molecular formula is C10H6Cl3N3. The summed E-state index contributed by atoms with van der Waals surface area (Å²) in [7, 11) is 0. The predicted octanol–water partition coefficient (Wildman–Crippen LogP) is 3.69. The molecule has 1 aromatic heterocycles. The zero-order chi connectivity index (χ0) is 11.7. The van der Waals surface area contributed by atoms with Crippen LogP contribution in [0.1, 0.15) is 0 Å². The highest BCUT2D eigenvalue weighted by Gasteiger charge is 2.08. The average Bonchev–Trinajstić information content (AvgIpc) is 2.15. The number of hydrogen-bond acceptors (Lipinski definition) is 3. The highest BCUT2D eigenvalue weighted by Crippen LogP contribution is 2.30. The lowest BCUT2D eigenvalue weighted by Gasteiger charge is -2.05. The first-order valence-electron chi connectivity index (χ1n) is 4.32. The van der Waals surface area contributed by atoms with Gasteiger partial charge < -0.3 is 5.73 Å². The minimum absolute atomic E-state index is 0.105. The summed E-state index contributed by atoms with van der Waals surface area (Å²) in [5.74, 6) is 0.105. The summed E-state index contributed by atoms with van der Waals surface area (Å²) in [5, 5.41) is 1.32. The molecule has 0 fully saturated rings. The number of nitrogen functional groups attached to an aromatic ring is 1. The lowest BCUT2D eigenvalue weighted by atomic mass is 10.1. The molecule has 0 bridgehead atoms. The summed E-state index contributed by atoms with van der Waals surface area (Å²) in [6, 6.07) is 6.69. The van der Waals surface area contributed by atoms with E-state index in [0.29, 0.717) is 21.3 Å². The van der Waals surface area contributed by atoms with Crippen molar-refractivity contribution in [3.63, 3.8) is 0 Å². The van der Waals surface area contributed by atoms with Gasteiger partial charge in [0.25, 0.3) is 0 Å². The SMILES string of the molecule is Nc1nc(Cl)cc(-c2ccc(Cl)cc2Cl)n1. The molecule has 0 aliphatic carbocycles. The Balaban J connectivity index is 2.58. The Morgan fingerprint density at radius 3 is 2.38 bits per heavy atom. The number of nitrogens with two attached hydrogens (primary N) is 1. The maximum atomic E-state index is 6.04. The summed E-state index contributed by atoms with van der Waals surface area (Å²) >= 11 is 17.6. The molecule has 0 radical (unpaired) electrons. The van der Waals surface area contributed by atoms with Gasteiger partial charge in [-0.1, -0.05) is 34.8 Å². The largest absolute Gasteiger partial charge is 0.368 e. The van der Waals surface area contributed by atoms with Crippen LogP contribution in [0, 0.1) is 0 Å². The Morgan fingerprint density at radius 1 is 1.00 bits per heavy atom. The summed E-state index contributed by atoms with van der Waals surface area (Å²) in [4.78, 5) is 7.82. The molecule has 0 atom stereocenters. The molecule has 6 heteroatoms. The van der Waals surface area contributed by atoms with Crippen LogP contribution in [-0.2, 0) is 0 Å². The fourth-order valence-electron chi connectivity index (χ4n) is 1.27. The second kappa shape index (κ2) is 4.45. The number of benzene rings is 1. The molecule has 82 valence electrons. The molecule has 0 spiro atoms. The molecule has 2 aromatic rings. The van der Waals surface area contributed by atoms with E-state index in [2.05, 4.69) is 9.97 Å². The van der Waals surface area contributed by atoms with E-state index in [0.717, 1.165) is 0 Å². The Hall–Kier alpha value is -1.03. The Labute approximate surface area is 107 Å². The first kappa shape index (κ1) is 11.5. The Bertz CT molecular complexity index is 523. The summed E-state index contributed by atoms with van der Waals surface area (Å²) in [6.45, 7) is 0. The number of hydrogen-bond donors (Lipinski definition) is 1. The molecule has 0 unspecified atom stereocenters. The summed E-state index contributed by atoms with van der Waals surface area (Å²) in [5.41, 5.74) is 6.78. The van der Waals surface area contributed by atoms with Crippen LogP contribution in [-0.4, -0.2) is 9.97 Å². The Kier molecular flexibility index (Phi) is 3.19. The quantitative estimate of drug-likeness (QED) is 0.807. The van der Waals surface area contributed by atoms with Crippen LogP contribution in [0.2, 0.25) is 15.2 Å². The van der Waals surface area contributed by atoms with Gasteiger partial charge in [0.05, 0.1) is 10.7 Å². The van der Waals surface area contributed by atoms with Crippen molar-refractivity contribution in [2.45, 2.75) is 0 Å². The molecule has 0 saturated heterocycles. The van der Waals surface area contributed by atoms with Crippen molar-refractivity contribution in [1.29, 1.82) is 0 Å². The van der Waals surface area contributed by atoms with Gasteiger partial charge in [-0.05, 0) is 18.2 Å². The monoisotopic (exact) mass is 273 g/mol. The Morgan fingerprint density at radius 2 is 1.75 bits per heavy atom. The number of halogens is 3. The lowest BCUT2D eigenvalue weighted by Crippen LogP contribution is -1.96. The zero-order valence-corrected chi connectivity index (χ0v) is 10.2. The summed E-state index contributed by atoms with van der Waals surface area (Å²) < 4.78 is 0. The number of rotatable bonds is 1. The molecule has 2 N–H and O–H groups in total. The molecule has 2 rings (SSSR count). The first-order chi connectivity index (χ1) is 7.56. The smallest absolute Gasteiger partial charge is 0.221 e. The lowest BCUT2D eigenvalue weighted by molar-refractivity contribution is 1.19. The molecular weight excluding hydrogens is 268 g/mol. The van der Waals surface area contributed by atoms with Gasteiger partial charge in [-0.3, -0.25) is 0 Å². The number of aromatic nitrogens is 2. The van der Waals surface area contributed by atoms with E-state index in [1.165, 1.54) is 0 Å². The van der Waals surface area contributed by atoms with Gasteiger partial charge in [0.2, 0.25) is 5.95 Å². The van der Waals surface area contributed by atoms with E-state index in [1.54, 1.807) is 24.3 Å². The molecule has 1 aromatic carbocycles. The maximum absolute atomic E-state index is 6.04. The molecule has 0 saturated carbocycles. The minimum Gasteiger partial charge on any atom is -0.368 e. The van der Waals surface area contributed by atoms with Gasteiger partial charge in [-0.25, -0.2) is 9.97 Å². The second-order valence-electron chi connectivity index (χ2n) is 3.06. The molecule has 1 heterocycles. The fourth-order valence-corrected chi connectivity index (χ4v) is 1.97. The van der Waals surface area contributed by atoms with Gasteiger partial charge in [-0.15, -0.1) is 0 Å². The van der Waals surface area contributed by atoms with Crippen LogP contribution in [0.3, 0.4) is 0 Å². The first-order valence-corrected chi connectivity index (χ1v) is 5.45. The standard InChI is InChI=1S/C10H6Cl3N3/c11-5-1-2-6(7(12)3-5)8-4-9(13)16-10(14)15-8/h1-4H,(H2,14,15,16). The second-order valence-corrected chi connectivity index (χ2v) is 4.29. The third-order valence-electron chi connectivity index (χ3n) is 1.92. The zero-order valence-electron chi connectivity index (χ0n) is 7.92. The van der Waals surface area contributed by atoms with Crippen molar-refractivity contribution in [2.24, 2.45) is 0 Å². The minimum atomic E-state index is 0.105. The van der Waals surface area contributed by atoms with Gasteiger partial charge in [0, 0.05) is 16.7 Å². The van der Waals surface area contributed by atoms with Crippen molar-refractivity contribution in [1.82, 2.24) is 9.97 Å². The van der Waals surface area contributed by atoms with Crippen molar-refractivity contribution >= 4 is 40.8 Å². The van der Waals surface area contributed by atoms with E-state index in [9.17, 15) is 0 Å². The topological polar surface area (TPSA) is 51.8 Å². The third kappa shape index (κ3) is 2.38. The van der Waals surface area contributed by atoms with Crippen molar-refractivity contribution in [3.05, 3.63) is 39.5 Å².